The van der Waals surface area contributed by atoms with E-state index in [0.29, 0.717) is 12.3 Å². The lowest BCUT2D eigenvalue weighted by molar-refractivity contribution is -0.139. The van der Waals surface area contributed by atoms with E-state index in [-0.39, 0.29) is 28.3 Å². The number of anilines is 2. The van der Waals surface area contributed by atoms with Crippen molar-refractivity contribution < 1.29 is 18.7 Å². The molecule has 2 aromatic rings. The summed E-state index contributed by atoms with van der Waals surface area (Å²) in [6.45, 7) is 2.01. The molecule has 9 heteroatoms. The average Bonchev–Trinajstić information content (AvgIpc) is 2.55. The van der Waals surface area contributed by atoms with E-state index in [1.807, 2.05) is 0 Å². The number of amides is 1. The maximum absolute atomic E-state index is 12.8. The number of halogens is 1. The van der Waals surface area contributed by atoms with E-state index in [2.05, 4.69) is 15.3 Å². The molecule has 0 fully saturated rings. The summed E-state index contributed by atoms with van der Waals surface area (Å²) < 4.78 is 17.6. The molecule has 1 amide bonds. The number of benzene rings is 1. The predicted molar refractivity (Wildman–Crippen MR) is 88.2 cm³/mol. The molecule has 0 saturated carbocycles. The molecule has 3 N–H and O–H groups in total. The number of nitrogens with two attached hydrogens (primary N) is 1. The Balaban J connectivity index is 2.01. The highest BCUT2D eigenvalue weighted by Gasteiger charge is 2.14. The summed E-state index contributed by atoms with van der Waals surface area (Å²) in [6.07, 6.45) is 1.27. The second kappa shape index (κ2) is 8.25. The smallest absolute Gasteiger partial charge is 0.316 e. The van der Waals surface area contributed by atoms with Gasteiger partial charge in [-0.2, -0.15) is 0 Å². The monoisotopic (exact) mass is 350 g/mol. The molecule has 2 rings (SSSR count). The van der Waals surface area contributed by atoms with Crippen LogP contribution in [0.1, 0.15) is 17.3 Å². The standard InChI is InChI=1S/C15H15FN4O3S/c1-2-23-12(21)8-24-15-18-7-11(13(17)20-15)14(22)19-10-5-3-9(16)4-6-10/h3-7H,2,8H2,1H3,(H,19,22)(H2,17,18,20). The Morgan fingerprint density at radius 2 is 2.04 bits per heavy atom. The van der Waals surface area contributed by atoms with Crippen molar-refractivity contribution in [1.29, 1.82) is 0 Å². The molecule has 1 heterocycles. The Labute approximate surface area is 141 Å². The molecule has 0 aliphatic rings. The zero-order valence-electron chi connectivity index (χ0n) is 12.8. The van der Waals surface area contributed by atoms with E-state index in [9.17, 15) is 14.0 Å². The number of nitrogens with zero attached hydrogens (tertiary/aromatic N) is 2. The van der Waals surface area contributed by atoms with Crippen LogP contribution in [0.4, 0.5) is 15.9 Å². The third kappa shape index (κ3) is 4.92. The first-order chi connectivity index (χ1) is 11.5. The van der Waals surface area contributed by atoms with E-state index in [1.54, 1.807) is 6.92 Å². The van der Waals surface area contributed by atoms with Gasteiger partial charge in [0, 0.05) is 11.9 Å². The van der Waals surface area contributed by atoms with Gasteiger partial charge in [-0.25, -0.2) is 14.4 Å². The molecule has 126 valence electrons. The van der Waals surface area contributed by atoms with Gasteiger partial charge in [0.05, 0.1) is 12.4 Å². The lowest BCUT2D eigenvalue weighted by atomic mass is 10.2. The molecule has 0 radical (unpaired) electrons. The second-order valence-corrected chi connectivity index (χ2v) is 5.45. The number of hydrogen-bond donors (Lipinski definition) is 2. The van der Waals surface area contributed by atoms with Crippen molar-refractivity contribution in [2.75, 3.05) is 23.4 Å². The van der Waals surface area contributed by atoms with Crippen molar-refractivity contribution in [2.24, 2.45) is 0 Å². The fraction of sp³-hybridized carbons (Fsp3) is 0.200. The molecule has 0 bridgehead atoms. The molecule has 0 aliphatic heterocycles. The highest BCUT2D eigenvalue weighted by atomic mass is 32.2. The van der Waals surface area contributed by atoms with Crippen molar-refractivity contribution in [3.8, 4) is 0 Å². The molecule has 0 atom stereocenters. The molecule has 7 nitrogen and oxygen atoms in total. The topological polar surface area (TPSA) is 107 Å². The van der Waals surface area contributed by atoms with Crippen LogP contribution in [-0.2, 0) is 9.53 Å². The van der Waals surface area contributed by atoms with Gasteiger partial charge in [0.25, 0.3) is 5.91 Å². The number of carbonyl (C=O) groups is 2. The van der Waals surface area contributed by atoms with Crippen LogP contribution >= 0.6 is 11.8 Å². The number of nitrogen functional groups attached to an aromatic ring is 1. The lowest BCUT2D eigenvalue weighted by Gasteiger charge is -2.08. The highest BCUT2D eigenvalue weighted by molar-refractivity contribution is 7.99. The van der Waals surface area contributed by atoms with Gasteiger partial charge in [0.2, 0.25) is 0 Å². The summed E-state index contributed by atoms with van der Waals surface area (Å²) in [4.78, 5) is 31.4. The van der Waals surface area contributed by atoms with Crippen LogP contribution in [-0.4, -0.2) is 34.2 Å². The summed E-state index contributed by atoms with van der Waals surface area (Å²) in [7, 11) is 0. The molecule has 1 aromatic carbocycles. The number of hydrogen-bond acceptors (Lipinski definition) is 7. The first-order valence-electron chi connectivity index (χ1n) is 6.97. The van der Waals surface area contributed by atoms with Crippen molar-refractivity contribution >= 4 is 35.1 Å². The van der Waals surface area contributed by atoms with Crippen molar-refractivity contribution in [1.82, 2.24) is 9.97 Å². The number of rotatable bonds is 6. The average molecular weight is 350 g/mol. The van der Waals surface area contributed by atoms with Crippen LogP contribution in [0.3, 0.4) is 0 Å². The predicted octanol–water partition coefficient (Wildman–Crippen LogP) is 2.11. The summed E-state index contributed by atoms with van der Waals surface area (Å²) >= 11 is 1.06. The second-order valence-electron chi connectivity index (χ2n) is 4.51. The number of nitrogens with one attached hydrogen (secondary N) is 1. The molecule has 0 saturated heterocycles. The number of ether oxygens (including phenoxy) is 1. The fourth-order valence-corrected chi connectivity index (χ4v) is 2.30. The molecule has 24 heavy (non-hydrogen) atoms. The minimum Gasteiger partial charge on any atom is -0.465 e. The molecule has 0 unspecified atom stereocenters. The number of aromatic nitrogens is 2. The van der Waals surface area contributed by atoms with Crippen molar-refractivity contribution in [3.05, 3.63) is 41.8 Å². The molecule has 1 aromatic heterocycles. The van der Waals surface area contributed by atoms with Crippen molar-refractivity contribution in [3.63, 3.8) is 0 Å². The van der Waals surface area contributed by atoms with Crippen molar-refractivity contribution in [2.45, 2.75) is 12.1 Å². The van der Waals surface area contributed by atoms with Crippen LogP contribution in [0.15, 0.2) is 35.6 Å². The maximum atomic E-state index is 12.8. The van der Waals surface area contributed by atoms with Gasteiger partial charge in [0.15, 0.2) is 5.16 Å². The molecule has 0 spiro atoms. The van der Waals surface area contributed by atoms with Gasteiger partial charge >= 0.3 is 5.97 Å². The van der Waals surface area contributed by atoms with Crippen LogP contribution in [0.2, 0.25) is 0 Å². The van der Waals surface area contributed by atoms with E-state index in [4.69, 9.17) is 10.5 Å². The summed E-state index contributed by atoms with van der Waals surface area (Å²) in [5, 5.41) is 2.83. The highest BCUT2D eigenvalue weighted by Crippen LogP contribution is 2.18. The van der Waals surface area contributed by atoms with Crippen LogP contribution in [0, 0.1) is 5.82 Å². The van der Waals surface area contributed by atoms with E-state index < -0.39 is 11.7 Å². The van der Waals surface area contributed by atoms with Gasteiger partial charge in [-0.3, -0.25) is 9.59 Å². The van der Waals surface area contributed by atoms with Gasteiger partial charge in [0.1, 0.15) is 17.2 Å². The molecular formula is C15H15FN4O3S. The lowest BCUT2D eigenvalue weighted by Crippen LogP contribution is -2.16. The summed E-state index contributed by atoms with van der Waals surface area (Å²) in [6, 6.07) is 5.30. The maximum Gasteiger partial charge on any atom is 0.316 e. The Bertz CT molecular complexity index is 740. The quantitative estimate of drug-likeness (QED) is 0.467. The number of carbonyl (C=O) groups excluding carboxylic acids is 2. The minimum absolute atomic E-state index is 0.0176. The van der Waals surface area contributed by atoms with E-state index >= 15 is 0 Å². The minimum atomic E-state index is -0.513. The Morgan fingerprint density at radius 3 is 2.67 bits per heavy atom. The van der Waals surface area contributed by atoms with Crippen LogP contribution in [0.25, 0.3) is 0 Å². The fourth-order valence-electron chi connectivity index (χ4n) is 1.68. The zero-order chi connectivity index (χ0) is 17.5. The zero-order valence-corrected chi connectivity index (χ0v) is 13.6. The van der Waals surface area contributed by atoms with Gasteiger partial charge in [-0.05, 0) is 31.2 Å². The normalized spacial score (nSPS) is 10.2. The number of thioether (sulfide) groups is 1. The third-order valence-electron chi connectivity index (χ3n) is 2.77. The molecular weight excluding hydrogens is 335 g/mol. The molecule has 0 aliphatic carbocycles. The van der Waals surface area contributed by atoms with Crippen LogP contribution in [0.5, 0.6) is 0 Å². The Morgan fingerprint density at radius 1 is 1.33 bits per heavy atom. The summed E-state index contributed by atoms with van der Waals surface area (Å²) in [5.74, 6) is -1.27. The van der Waals surface area contributed by atoms with Gasteiger partial charge in [-0.15, -0.1) is 0 Å². The first kappa shape index (κ1) is 17.7. The third-order valence-corrected chi connectivity index (χ3v) is 3.60. The SMILES string of the molecule is CCOC(=O)CSc1ncc(C(=O)Nc2ccc(F)cc2)c(N)n1. The Hall–Kier alpha value is -2.68. The first-order valence-corrected chi connectivity index (χ1v) is 7.96. The largest absolute Gasteiger partial charge is 0.465 e. The van der Waals surface area contributed by atoms with Gasteiger partial charge in [-0.1, -0.05) is 11.8 Å². The number of esters is 1. The van der Waals surface area contributed by atoms with Crippen LogP contribution < -0.4 is 11.1 Å². The van der Waals surface area contributed by atoms with E-state index in [0.717, 1.165) is 11.8 Å². The Kier molecular flexibility index (Phi) is 6.07. The van der Waals surface area contributed by atoms with Gasteiger partial charge < -0.3 is 15.8 Å². The van der Waals surface area contributed by atoms with E-state index in [1.165, 1.54) is 30.5 Å². The summed E-state index contributed by atoms with van der Waals surface area (Å²) in [5.41, 5.74) is 6.26.